The molecule has 1 aliphatic heterocycles. The van der Waals surface area contributed by atoms with Gasteiger partial charge in [0.05, 0.1) is 29.9 Å². The smallest absolute Gasteiger partial charge is 0.129 e. The molecule has 5 N–H and O–H groups in total. The predicted molar refractivity (Wildman–Crippen MR) is 87.2 cm³/mol. The molecule has 0 bridgehead atoms. The lowest BCUT2D eigenvalue weighted by Gasteiger charge is -2.32. The molecule has 20 heavy (non-hydrogen) atoms. The maximum Gasteiger partial charge on any atom is 0.129 e. The summed E-state index contributed by atoms with van der Waals surface area (Å²) in [5, 5.41) is 3.25. The van der Waals surface area contributed by atoms with Crippen molar-refractivity contribution in [3.63, 3.8) is 0 Å². The highest BCUT2D eigenvalue weighted by atomic mass is 28.3. The van der Waals surface area contributed by atoms with Crippen molar-refractivity contribution in [2.45, 2.75) is 31.3 Å². The van der Waals surface area contributed by atoms with E-state index in [4.69, 9.17) is 16.2 Å². The Hall–Kier alpha value is -1.37. The van der Waals surface area contributed by atoms with E-state index in [-0.39, 0.29) is 0 Å². The zero-order chi connectivity index (χ0) is 14.8. The molecule has 1 aliphatic rings. The number of nitrogens with two attached hydrogens (primary N) is 2. The number of nitrogens with one attached hydrogen (secondary N) is 1. The Balaban J connectivity index is 1.93. The van der Waals surface area contributed by atoms with Gasteiger partial charge in [-0.15, -0.1) is 0 Å². The third kappa shape index (κ3) is 4.06. The van der Waals surface area contributed by atoms with Crippen molar-refractivity contribution in [1.82, 2.24) is 4.98 Å². The second-order valence-corrected chi connectivity index (χ2v) is 12.2. The third-order valence-electron chi connectivity index (χ3n) is 3.18. The summed E-state index contributed by atoms with van der Waals surface area (Å²) in [6, 6.07) is 2.98. The van der Waals surface area contributed by atoms with Crippen molar-refractivity contribution in [2.24, 2.45) is 5.73 Å². The molecule has 0 aliphatic carbocycles. The van der Waals surface area contributed by atoms with Gasteiger partial charge in [0.2, 0.25) is 0 Å². The van der Waals surface area contributed by atoms with Crippen LogP contribution in [0.25, 0.3) is 6.08 Å². The summed E-state index contributed by atoms with van der Waals surface area (Å²) in [5.41, 5.74) is 13.7. The average Bonchev–Trinajstić information content (AvgIpc) is 2.33. The van der Waals surface area contributed by atoms with Crippen molar-refractivity contribution in [3.8, 4) is 0 Å². The highest BCUT2D eigenvalue weighted by molar-refractivity contribution is 6.76. The van der Waals surface area contributed by atoms with Gasteiger partial charge in [-0.3, -0.25) is 4.98 Å². The maximum atomic E-state index is 6.29. The Bertz CT molecular complexity index is 512. The monoisotopic (exact) mass is 292 g/mol. The summed E-state index contributed by atoms with van der Waals surface area (Å²) in [6.07, 6.45) is 5.44. The molecule has 5 nitrogen and oxygen atoms in total. The number of hydrogen-bond acceptors (Lipinski definition) is 5. The SMILES string of the molecule is C[Si](C)(C)CCOCC1(N)C=Cc2ncc(N)cc2N1. The molecule has 0 aromatic carbocycles. The zero-order valence-electron chi connectivity index (χ0n) is 12.4. The van der Waals surface area contributed by atoms with E-state index in [1.165, 1.54) is 0 Å². The van der Waals surface area contributed by atoms with Gasteiger partial charge in [-0.25, -0.2) is 0 Å². The quantitative estimate of drug-likeness (QED) is 0.571. The standard InChI is InChI=1S/C14H24N4OSi/c1-20(2,3)7-6-19-10-14(16)5-4-12-13(18-14)8-11(15)9-17-12/h4-5,8-9,18H,6-7,10,15-16H2,1-3H3. The molecule has 2 rings (SSSR count). The number of ether oxygens (including phenoxy) is 1. The summed E-state index contributed by atoms with van der Waals surface area (Å²) in [7, 11) is -1.06. The van der Waals surface area contributed by atoms with Crippen molar-refractivity contribution in [1.29, 1.82) is 0 Å². The maximum absolute atomic E-state index is 6.29. The summed E-state index contributed by atoms with van der Waals surface area (Å²) in [4.78, 5) is 4.25. The molecule has 0 amide bonds. The highest BCUT2D eigenvalue weighted by Gasteiger charge is 2.26. The van der Waals surface area contributed by atoms with Crippen molar-refractivity contribution >= 4 is 25.5 Å². The van der Waals surface area contributed by atoms with E-state index in [1.54, 1.807) is 6.20 Å². The van der Waals surface area contributed by atoms with Crippen LogP contribution in [0, 0.1) is 0 Å². The minimum atomic E-state index is -1.06. The van der Waals surface area contributed by atoms with E-state index in [0.717, 1.165) is 24.0 Å². The minimum Gasteiger partial charge on any atom is -0.397 e. The number of nitrogens with zero attached hydrogens (tertiary/aromatic N) is 1. The van der Waals surface area contributed by atoms with Crippen LogP contribution in [0.1, 0.15) is 5.69 Å². The van der Waals surface area contributed by atoms with Gasteiger partial charge in [0.15, 0.2) is 0 Å². The van der Waals surface area contributed by atoms with Crippen LogP contribution < -0.4 is 16.8 Å². The Kier molecular flexibility index (Phi) is 4.17. The number of rotatable bonds is 5. The fourth-order valence-corrected chi connectivity index (χ4v) is 2.70. The molecule has 1 unspecified atom stereocenters. The van der Waals surface area contributed by atoms with Gasteiger partial charge in [-0.2, -0.15) is 0 Å². The largest absolute Gasteiger partial charge is 0.397 e. The predicted octanol–water partition coefficient (Wildman–Crippen LogP) is 2.11. The zero-order valence-corrected chi connectivity index (χ0v) is 13.4. The summed E-state index contributed by atoms with van der Waals surface area (Å²) in [6.45, 7) is 8.18. The van der Waals surface area contributed by atoms with Gasteiger partial charge in [-0.1, -0.05) is 19.6 Å². The van der Waals surface area contributed by atoms with Crippen LogP contribution in [0.4, 0.5) is 11.4 Å². The van der Waals surface area contributed by atoms with Crippen molar-refractivity contribution in [2.75, 3.05) is 24.3 Å². The molecule has 6 heteroatoms. The number of nitrogen functional groups attached to an aromatic ring is 1. The first kappa shape index (κ1) is 15.0. The number of pyridine rings is 1. The summed E-state index contributed by atoms with van der Waals surface area (Å²) >= 11 is 0. The first-order valence-corrected chi connectivity index (χ1v) is 10.6. The van der Waals surface area contributed by atoms with Crippen molar-refractivity contribution < 1.29 is 4.74 Å². The van der Waals surface area contributed by atoms with Gasteiger partial charge >= 0.3 is 0 Å². The molecule has 1 aromatic heterocycles. The molecule has 110 valence electrons. The molecular formula is C14H24N4OSi. The molecule has 2 heterocycles. The Morgan fingerprint density at radius 1 is 1.40 bits per heavy atom. The Morgan fingerprint density at radius 2 is 2.15 bits per heavy atom. The molecule has 0 fully saturated rings. The lowest BCUT2D eigenvalue weighted by atomic mass is 10.1. The number of anilines is 2. The van der Waals surface area contributed by atoms with Crippen LogP contribution >= 0.6 is 0 Å². The molecule has 1 atom stereocenters. The van der Waals surface area contributed by atoms with Crippen LogP contribution in [-0.4, -0.2) is 31.9 Å². The minimum absolute atomic E-state index is 0.433. The normalized spacial score (nSPS) is 21.4. The van der Waals surface area contributed by atoms with E-state index in [9.17, 15) is 0 Å². The molecule has 0 saturated heterocycles. The van der Waals surface area contributed by atoms with E-state index in [1.807, 2.05) is 18.2 Å². The van der Waals surface area contributed by atoms with E-state index >= 15 is 0 Å². The lowest BCUT2D eigenvalue weighted by Crippen LogP contribution is -2.51. The molecule has 0 radical (unpaired) electrons. The van der Waals surface area contributed by atoms with Gasteiger partial charge < -0.3 is 21.5 Å². The number of hydrogen-bond donors (Lipinski definition) is 3. The van der Waals surface area contributed by atoms with Crippen molar-refractivity contribution in [3.05, 3.63) is 24.0 Å². The highest BCUT2D eigenvalue weighted by Crippen LogP contribution is 2.26. The fraction of sp³-hybridized carbons (Fsp3) is 0.500. The van der Waals surface area contributed by atoms with Gasteiger partial charge in [0.25, 0.3) is 0 Å². The molecular weight excluding hydrogens is 268 g/mol. The summed E-state index contributed by atoms with van der Waals surface area (Å²) < 4.78 is 5.74. The van der Waals surface area contributed by atoms with Crippen LogP contribution in [0.15, 0.2) is 18.3 Å². The van der Waals surface area contributed by atoms with E-state index < -0.39 is 13.7 Å². The second-order valence-electron chi connectivity index (χ2n) is 6.56. The van der Waals surface area contributed by atoms with E-state index in [0.29, 0.717) is 12.3 Å². The number of fused-ring (bicyclic) bond motifs is 1. The van der Waals surface area contributed by atoms with E-state index in [2.05, 4.69) is 29.9 Å². The van der Waals surface area contributed by atoms with Gasteiger partial charge in [0.1, 0.15) is 5.66 Å². The molecule has 0 spiro atoms. The Labute approximate surface area is 121 Å². The third-order valence-corrected chi connectivity index (χ3v) is 4.89. The molecule has 1 aromatic rings. The first-order chi connectivity index (χ1) is 9.27. The summed E-state index contributed by atoms with van der Waals surface area (Å²) in [5.74, 6) is 0. The average molecular weight is 292 g/mol. The second kappa shape index (κ2) is 5.55. The van der Waals surface area contributed by atoms with Crippen LogP contribution in [0.5, 0.6) is 0 Å². The van der Waals surface area contributed by atoms with Crippen LogP contribution in [0.2, 0.25) is 25.7 Å². The Morgan fingerprint density at radius 3 is 2.85 bits per heavy atom. The van der Waals surface area contributed by atoms with Gasteiger partial charge in [0, 0.05) is 14.7 Å². The van der Waals surface area contributed by atoms with Crippen LogP contribution in [-0.2, 0) is 4.74 Å². The molecule has 0 saturated carbocycles. The lowest BCUT2D eigenvalue weighted by molar-refractivity contribution is 0.119. The van der Waals surface area contributed by atoms with Gasteiger partial charge in [-0.05, 0) is 24.3 Å². The fourth-order valence-electron chi connectivity index (χ4n) is 1.95. The first-order valence-electron chi connectivity index (χ1n) is 6.87. The number of aromatic nitrogens is 1. The van der Waals surface area contributed by atoms with Crippen LogP contribution in [0.3, 0.4) is 0 Å². The topological polar surface area (TPSA) is 86.2 Å².